The monoisotopic (exact) mass is 390 g/mol. The van der Waals surface area contributed by atoms with E-state index in [1.165, 1.54) is 41.0 Å². The molecule has 0 bridgehead atoms. The number of carbonyl (C=O) groups is 4. The van der Waals surface area contributed by atoms with Gasteiger partial charge in [0.15, 0.2) is 0 Å². The number of rotatable bonds is 5. The summed E-state index contributed by atoms with van der Waals surface area (Å²) in [6.45, 7) is 1.92. The van der Waals surface area contributed by atoms with Gasteiger partial charge in [-0.1, -0.05) is 0 Å². The third kappa shape index (κ3) is 3.97. The number of hydrogen-bond donors (Lipinski definition) is 1. The fourth-order valence-corrected chi connectivity index (χ4v) is 3.67. The summed E-state index contributed by atoms with van der Waals surface area (Å²) in [6, 6.07) is 3.51. The Balaban J connectivity index is 1.60. The molecular weight excluding hydrogens is 369 g/mol. The molecule has 8 nitrogen and oxygen atoms in total. The van der Waals surface area contributed by atoms with E-state index in [1.807, 2.05) is 0 Å². The normalized spacial score (nSPS) is 23.0. The van der Waals surface area contributed by atoms with E-state index in [0.717, 1.165) is 0 Å². The fraction of sp³-hybridized carbons (Fsp3) is 0.474. The first-order valence-electron chi connectivity index (χ1n) is 9.15. The molecule has 9 heteroatoms. The lowest BCUT2D eigenvalue weighted by Crippen LogP contribution is -2.53. The van der Waals surface area contributed by atoms with E-state index in [-0.39, 0.29) is 18.9 Å². The molecule has 0 spiro atoms. The van der Waals surface area contributed by atoms with E-state index >= 15 is 0 Å². The number of amides is 3. The largest absolute Gasteiger partial charge is 0.548 e. The Kier molecular flexibility index (Phi) is 5.62. The van der Waals surface area contributed by atoms with Crippen LogP contribution in [0, 0.1) is 11.7 Å². The number of carboxylic acid groups (broad SMARTS) is 1. The number of carbonyl (C=O) groups excluding carboxylic acids is 4. The van der Waals surface area contributed by atoms with Crippen molar-refractivity contribution in [2.75, 3.05) is 18.0 Å². The maximum absolute atomic E-state index is 13.1. The number of aliphatic carboxylic acids is 1. The molecule has 28 heavy (non-hydrogen) atoms. The van der Waals surface area contributed by atoms with Crippen molar-refractivity contribution in [3.05, 3.63) is 30.1 Å². The highest BCUT2D eigenvalue weighted by molar-refractivity contribution is 6.01. The number of nitrogens with zero attached hydrogens (tertiary/aromatic N) is 2. The summed E-state index contributed by atoms with van der Waals surface area (Å²) in [4.78, 5) is 51.0. The Morgan fingerprint density at radius 3 is 2.57 bits per heavy atom. The smallest absolute Gasteiger partial charge is 0.245 e. The van der Waals surface area contributed by atoms with Gasteiger partial charge in [-0.2, -0.15) is 0 Å². The predicted octanol–water partition coefficient (Wildman–Crippen LogP) is -0.576. The van der Waals surface area contributed by atoms with Gasteiger partial charge in [-0.3, -0.25) is 14.4 Å². The van der Waals surface area contributed by atoms with Crippen LogP contribution in [0.2, 0.25) is 0 Å². The average Bonchev–Trinajstić information content (AvgIpc) is 3.28. The van der Waals surface area contributed by atoms with Crippen molar-refractivity contribution in [1.29, 1.82) is 0 Å². The van der Waals surface area contributed by atoms with Crippen LogP contribution in [0.25, 0.3) is 0 Å². The summed E-state index contributed by atoms with van der Waals surface area (Å²) in [6.07, 6.45) is 0.878. The Labute approximate surface area is 161 Å². The molecule has 0 aliphatic carbocycles. The minimum atomic E-state index is -1.30. The van der Waals surface area contributed by atoms with Crippen LogP contribution in [0.3, 0.4) is 0 Å². The summed E-state index contributed by atoms with van der Waals surface area (Å²) in [5, 5.41) is 13.7. The van der Waals surface area contributed by atoms with Gasteiger partial charge in [0.25, 0.3) is 0 Å². The molecule has 1 N–H and O–H groups in total. The van der Waals surface area contributed by atoms with Gasteiger partial charge in [0.1, 0.15) is 11.9 Å². The van der Waals surface area contributed by atoms with Crippen molar-refractivity contribution in [3.8, 4) is 0 Å². The topological polar surface area (TPSA) is 110 Å². The maximum atomic E-state index is 13.1. The zero-order chi connectivity index (χ0) is 20.4. The molecule has 3 rings (SSSR count). The second-order valence-electron chi connectivity index (χ2n) is 7.12. The van der Waals surface area contributed by atoms with Crippen LogP contribution in [0.15, 0.2) is 24.3 Å². The SMILES string of the molecule is C[C@H](NC(=O)[C@H]1CC(=O)N(c2ccc(F)cc2)C1)C(=O)N1CCC[C@H]1C(=O)[O-]. The Morgan fingerprint density at radius 2 is 1.93 bits per heavy atom. The lowest BCUT2D eigenvalue weighted by molar-refractivity contribution is -0.310. The molecule has 2 fully saturated rings. The standard InChI is InChI=1S/C19H22FN3O5/c1-11(18(26)22-8-2-3-15(22)19(27)28)21-17(25)12-9-16(24)23(10-12)14-6-4-13(20)5-7-14/h4-7,11-12,15H,2-3,8-10H2,1H3,(H,21,25)(H,27,28)/p-1/t11-,12-,15-/m0/s1. The summed E-state index contributed by atoms with van der Waals surface area (Å²) in [5.41, 5.74) is 0.500. The maximum Gasteiger partial charge on any atom is 0.245 e. The van der Waals surface area contributed by atoms with Gasteiger partial charge in [0.2, 0.25) is 17.7 Å². The molecule has 0 unspecified atom stereocenters. The second kappa shape index (κ2) is 7.95. The van der Waals surface area contributed by atoms with Crippen molar-refractivity contribution in [3.63, 3.8) is 0 Å². The van der Waals surface area contributed by atoms with Crippen LogP contribution in [-0.4, -0.2) is 53.8 Å². The van der Waals surface area contributed by atoms with Gasteiger partial charge >= 0.3 is 0 Å². The van der Waals surface area contributed by atoms with Crippen molar-refractivity contribution < 1.29 is 28.7 Å². The molecule has 0 aromatic heterocycles. The van der Waals surface area contributed by atoms with E-state index in [0.29, 0.717) is 25.1 Å². The molecule has 0 saturated carbocycles. The molecule has 2 aliphatic rings. The average molecular weight is 390 g/mol. The lowest BCUT2D eigenvalue weighted by atomic mass is 10.1. The van der Waals surface area contributed by atoms with Gasteiger partial charge in [-0.05, 0) is 44.0 Å². The molecule has 2 heterocycles. The van der Waals surface area contributed by atoms with Crippen molar-refractivity contribution >= 4 is 29.4 Å². The highest BCUT2D eigenvalue weighted by Gasteiger charge is 2.37. The third-order valence-electron chi connectivity index (χ3n) is 5.17. The first kappa shape index (κ1) is 19.8. The van der Waals surface area contributed by atoms with Crippen molar-refractivity contribution in [1.82, 2.24) is 10.2 Å². The first-order chi connectivity index (χ1) is 13.3. The molecule has 1 aromatic rings. The molecule has 0 radical (unpaired) electrons. The van der Waals surface area contributed by atoms with Gasteiger partial charge in [0.05, 0.1) is 17.9 Å². The van der Waals surface area contributed by atoms with E-state index < -0.39 is 41.6 Å². The summed E-state index contributed by atoms with van der Waals surface area (Å²) < 4.78 is 13.1. The minimum Gasteiger partial charge on any atom is -0.548 e. The number of nitrogens with one attached hydrogen (secondary N) is 1. The Hall–Kier alpha value is -2.97. The highest BCUT2D eigenvalue weighted by atomic mass is 19.1. The number of halogens is 1. The molecule has 3 atom stereocenters. The number of carboxylic acids is 1. The fourth-order valence-electron chi connectivity index (χ4n) is 3.67. The van der Waals surface area contributed by atoms with Crippen LogP contribution in [0.5, 0.6) is 0 Å². The first-order valence-corrected chi connectivity index (χ1v) is 9.15. The number of likely N-dealkylation sites (tertiary alicyclic amines) is 1. The minimum absolute atomic E-state index is 0.0183. The van der Waals surface area contributed by atoms with Crippen LogP contribution >= 0.6 is 0 Å². The van der Waals surface area contributed by atoms with Crippen LogP contribution in [0.4, 0.5) is 10.1 Å². The van der Waals surface area contributed by atoms with E-state index in [2.05, 4.69) is 5.32 Å². The van der Waals surface area contributed by atoms with E-state index in [1.54, 1.807) is 0 Å². The lowest BCUT2D eigenvalue weighted by Gasteiger charge is -2.28. The number of hydrogen-bond acceptors (Lipinski definition) is 5. The zero-order valence-corrected chi connectivity index (χ0v) is 15.4. The summed E-state index contributed by atoms with van der Waals surface area (Å²) in [7, 11) is 0. The molecular formula is C19H21FN3O5-. The van der Waals surface area contributed by atoms with Crippen LogP contribution in [-0.2, 0) is 19.2 Å². The van der Waals surface area contributed by atoms with Gasteiger partial charge in [-0.15, -0.1) is 0 Å². The Morgan fingerprint density at radius 1 is 1.25 bits per heavy atom. The number of benzene rings is 1. The van der Waals surface area contributed by atoms with Crippen LogP contribution in [0.1, 0.15) is 26.2 Å². The number of anilines is 1. The molecule has 2 aliphatic heterocycles. The summed E-state index contributed by atoms with van der Waals surface area (Å²) in [5.74, 6) is -3.58. The van der Waals surface area contributed by atoms with Gasteiger partial charge < -0.3 is 25.0 Å². The van der Waals surface area contributed by atoms with Gasteiger partial charge in [0, 0.05) is 25.2 Å². The molecule has 1 aromatic carbocycles. The Bertz CT molecular complexity index is 797. The third-order valence-corrected chi connectivity index (χ3v) is 5.17. The predicted molar refractivity (Wildman–Crippen MR) is 94.2 cm³/mol. The zero-order valence-electron chi connectivity index (χ0n) is 15.4. The molecule has 150 valence electrons. The van der Waals surface area contributed by atoms with Crippen LogP contribution < -0.4 is 15.3 Å². The summed E-state index contributed by atoms with van der Waals surface area (Å²) >= 11 is 0. The van der Waals surface area contributed by atoms with Crippen molar-refractivity contribution in [2.45, 2.75) is 38.3 Å². The molecule has 3 amide bonds. The molecule has 2 saturated heterocycles. The quantitative estimate of drug-likeness (QED) is 0.724. The van der Waals surface area contributed by atoms with E-state index in [4.69, 9.17) is 0 Å². The second-order valence-corrected chi connectivity index (χ2v) is 7.12. The van der Waals surface area contributed by atoms with Gasteiger partial charge in [-0.25, -0.2) is 4.39 Å². The van der Waals surface area contributed by atoms with Crippen molar-refractivity contribution in [2.24, 2.45) is 5.92 Å². The van der Waals surface area contributed by atoms with E-state index in [9.17, 15) is 28.7 Å². The highest BCUT2D eigenvalue weighted by Crippen LogP contribution is 2.25.